The van der Waals surface area contributed by atoms with Crippen molar-refractivity contribution in [1.82, 2.24) is 0 Å². The number of hydrogen-bond donors (Lipinski definition) is 3. The van der Waals surface area contributed by atoms with Crippen molar-refractivity contribution in [3.63, 3.8) is 0 Å². The normalized spacial score (nSPS) is 15.5. The average Bonchev–Trinajstić information content (AvgIpc) is 2.56. The van der Waals surface area contributed by atoms with Crippen LogP contribution in [0, 0.1) is 0 Å². The van der Waals surface area contributed by atoms with Crippen LogP contribution in [0.3, 0.4) is 0 Å². The molecule has 1 unspecified atom stereocenters. The van der Waals surface area contributed by atoms with Crippen LogP contribution in [0.25, 0.3) is 0 Å². The van der Waals surface area contributed by atoms with Crippen molar-refractivity contribution < 1.29 is 23.9 Å². The lowest BCUT2D eigenvalue weighted by Crippen LogP contribution is -2.49. The molecule has 0 saturated heterocycles. The molecular formula is C22H45NO4P+. The predicted octanol–water partition coefficient (Wildman–Crippen LogP) is 5.37. The van der Waals surface area contributed by atoms with Crippen molar-refractivity contribution in [3.05, 3.63) is 24.3 Å². The van der Waals surface area contributed by atoms with Gasteiger partial charge in [0.1, 0.15) is 6.54 Å². The van der Waals surface area contributed by atoms with Gasteiger partial charge in [0.25, 0.3) is 0 Å². The fourth-order valence-corrected chi connectivity index (χ4v) is 4.34. The van der Waals surface area contributed by atoms with Gasteiger partial charge in [0.05, 0.1) is 21.1 Å². The van der Waals surface area contributed by atoms with E-state index in [0.29, 0.717) is 10.9 Å². The Kier molecular flexibility index (Phi) is 14.3. The molecule has 3 N–H and O–H groups in total. The lowest BCUT2D eigenvalue weighted by Gasteiger charge is -2.35. The van der Waals surface area contributed by atoms with Crippen LogP contribution in [0.2, 0.25) is 0 Å². The molecule has 5 nitrogen and oxygen atoms in total. The zero-order valence-corrected chi connectivity index (χ0v) is 19.5. The molecule has 0 aromatic rings. The smallest absolute Gasteiger partial charge is 0.362 e. The van der Waals surface area contributed by atoms with E-state index in [1.807, 2.05) is 21.1 Å². The third-order valence-corrected chi connectivity index (χ3v) is 6.21. The van der Waals surface area contributed by atoms with Gasteiger partial charge in [-0.05, 0) is 44.9 Å². The third-order valence-electron chi connectivity index (χ3n) is 4.76. The average molecular weight is 419 g/mol. The van der Waals surface area contributed by atoms with Crippen LogP contribution in [0.15, 0.2) is 24.3 Å². The Bertz CT molecular complexity index is 493. The van der Waals surface area contributed by atoms with Gasteiger partial charge in [0, 0.05) is 0 Å². The summed E-state index contributed by atoms with van der Waals surface area (Å²) in [5.74, 6) is 0. The maximum atomic E-state index is 11.7. The van der Waals surface area contributed by atoms with Gasteiger partial charge < -0.3 is 19.4 Å². The molecule has 166 valence electrons. The SMILES string of the molecule is CCC/C=C\CC/C=C\CCCCCCCCC(O)(C[N+](C)(C)C)P(=O)(O)O. The molecule has 0 aromatic carbocycles. The second-order valence-corrected chi connectivity index (χ2v) is 10.9. The van der Waals surface area contributed by atoms with E-state index in [0.717, 1.165) is 38.5 Å². The van der Waals surface area contributed by atoms with E-state index in [9.17, 15) is 19.5 Å². The summed E-state index contributed by atoms with van der Waals surface area (Å²) < 4.78 is 12.1. The monoisotopic (exact) mass is 418 g/mol. The van der Waals surface area contributed by atoms with E-state index in [2.05, 4.69) is 31.2 Å². The van der Waals surface area contributed by atoms with E-state index in [4.69, 9.17) is 0 Å². The molecule has 0 aliphatic rings. The predicted molar refractivity (Wildman–Crippen MR) is 119 cm³/mol. The van der Waals surface area contributed by atoms with Crippen LogP contribution < -0.4 is 0 Å². The summed E-state index contributed by atoms with van der Waals surface area (Å²) >= 11 is 0. The number of nitrogens with zero attached hydrogens (tertiary/aromatic N) is 1. The Labute approximate surface area is 173 Å². The van der Waals surface area contributed by atoms with Gasteiger partial charge in [-0.1, -0.05) is 63.3 Å². The number of allylic oxidation sites excluding steroid dienone is 4. The number of rotatable bonds is 17. The summed E-state index contributed by atoms with van der Waals surface area (Å²) in [6, 6.07) is 0. The van der Waals surface area contributed by atoms with Gasteiger partial charge in [0.15, 0.2) is 0 Å². The summed E-state index contributed by atoms with van der Waals surface area (Å²) in [5, 5.41) is 8.58. The first-order valence-corrected chi connectivity index (χ1v) is 12.5. The van der Waals surface area contributed by atoms with Crippen LogP contribution in [0.1, 0.15) is 84.0 Å². The fourth-order valence-electron chi connectivity index (χ4n) is 3.28. The van der Waals surface area contributed by atoms with E-state index < -0.39 is 12.9 Å². The van der Waals surface area contributed by atoms with Crippen molar-refractivity contribution in [3.8, 4) is 0 Å². The van der Waals surface area contributed by atoms with Crippen molar-refractivity contribution in [2.45, 2.75) is 89.3 Å². The number of quaternary nitrogens is 1. The van der Waals surface area contributed by atoms with Crippen LogP contribution in [-0.2, 0) is 4.57 Å². The third kappa shape index (κ3) is 14.5. The summed E-state index contributed by atoms with van der Waals surface area (Å²) in [5.41, 5.74) is 0. The molecule has 0 aliphatic carbocycles. The van der Waals surface area contributed by atoms with Crippen LogP contribution in [0.4, 0.5) is 0 Å². The first-order valence-electron chi connectivity index (χ1n) is 10.9. The number of unbranched alkanes of at least 4 members (excludes halogenated alkanes) is 8. The topological polar surface area (TPSA) is 77.8 Å². The first kappa shape index (κ1) is 27.5. The van der Waals surface area contributed by atoms with E-state index in [-0.39, 0.29) is 13.0 Å². The minimum Gasteiger partial charge on any atom is -0.373 e. The Hall–Kier alpha value is -0.450. The van der Waals surface area contributed by atoms with Gasteiger partial charge >= 0.3 is 7.60 Å². The standard InChI is InChI=1S/C22H44NO4P/c1-5-6-7-8-9-10-11-12-13-14-15-16-17-18-19-20-22(24,28(25,26)27)21-23(2,3)4/h7-8,11-12,24H,5-6,9-10,13-21H2,1-4H3,(H-,25,26,27)/p+1/b8-7-,12-11-. The quantitative estimate of drug-likeness (QED) is 0.128. The molecule has 0 bridgehead atoms. The van der Waals surface area contributed by atoms with Crippen molar-refractivity contribution in [2.24, 2.45) is 0 Å². The molecule has 6 heteroatoms. The molecular weight excluding hydrogens is 373 g/mol. The fraction of sp³-hybridized carbons (Fsp3) is 0.818. The summed E-state index contributed by atoms with van der Waals surface area (Å²) in [4.78, 5) is 19.1. The van der Waals surface area contributed by atoms with Crippen molar-refractivity contribution >= 4 is 7.60 Å². The number of hydrogen-bond acceptors (Lipinski definition) is 2. The molecule has 0 fully saturated rings. The lowest BCUT2D eigenvalue weighted by atomic mass is 10.1. The summed E-state index contributed by atoms with van der Waals surface area (Å²) in [6.07, 6.45) is 21.1. The molecule has 1 atom stereocenters. The highest BCUT2D eigenvalue weighted by Gasteiger charge is 2.48. The van der Waals surface area contributed by atoms with Crippen LogP contribution in [0.5, 0.6) is 0 Å². The lowest BCUT2D eigenvalue weighted by molar-refractivity contribution is -0.875. The molecule has 0 saturated carbocycles. The molecule has 0 aliphatic heterocycles. The minimum atomic E-state index is -4.54. The highest BCUT2D eigenvalue weighted by Crippen LogP contribution is 2.52. The molecule has 0 radical (unpaired) electrons. The highest BCUT2D eigenvalue weighted by molar-refractivity contribution is 7.53. The summed E-state index contributed by atoms with van der Waals surface area (Å²) in [6.45, 7) is 2.25. The molecule has 0 aromatic heterocycles. The Balaban J connectivity index is 3.81. The van der Waals surface area contributed by atoms with Gasteiger partial charge in [-0.2, -0.15) is 0 Å². The highest BCUT2D eigenvalue weighted by atomic mass is 31.2. The Morgan fingerprint density at radius 2 is 1.25 bits per heavy atom. The molecule has 0 amide bonds. The number of aliphatic hydroxyl groups is 1. The van der Waals surface area contributed by atoms with Crippen molar-refractivity contribution in [1.29, 1.82) is 0 Å². The van der Waals surface area contributed by atoms with Crippen LogP contribution in [-0.4, -0.2) is 52.4 Å². The summed E-state index contributed by atoms with van der Waals surface area (Å²) in [7, 11) is 0.951. The van der Waals surface area contributed by atoms with Crippen LogP contribution >= 0.6 is 7.60 Å². The van der Waals surface area contributed by atoms with Gasteiger partial charge in [-0.3, -0.25) is 4.57 Å². The minimum absolute atomic E-state index is 0.0536. The van der Waals surface area contributed by atoms with Gasteiger partial charge in [-0.15, -0.1) is 0 Å². The maximum Gasteiger partial charge on any atom is 0.362 e. The second-order valence-electron chi connectivity index (χ2n) is 8.94. The number of likely N-dealkylation sites (N-methyl/N-ethyl adjacent to an activating group) is 1. The maximum absolute atomic E-state index is 11.7. The molecule has 28 heavy (non-hydrogen) atoms. The van der Waals surface area contributed by atoms with E-state index in [1.165, 1.54) is 25.7 Å². The first-order chi connectivity index (χ1) is 13.0. The largest absolute Gasteiger partial charge is 0.373 e. The van der Waals surface area contributed by atoms with Gasteiger partial charge in [0.2, 0.25) is 5.34 Å². The van der Waals surface area contributed by atoms with Gasteiger partial charge in [-0.25, -0.2) is 0 Å². The zero-order valence-electron chi connectivity index (χ0n) is 18.6. The Morgan fingerprint density at radius 3 is 1.75 bits per heavy atom. The van der Waals surface area contributed by atoms with E-state index in [1.54, 1.807) is 0 Å². The van der Waals surface area contributed by atoms with E-state index >= 15 is 0 Å². The second kappa shape index (κ2) is 14.5. The Morgan fingerprint density at radius 1 is 0.786 bits per heavy atom. The molecule has 0 spiro atoms. The zero-order chi connectivity index (χ0) is 21.5. The molecule has 0 rings (SSSR count). The van der Waals surface area contributed by atoms with Crippen molar-refractivity contribution in [2.75, 3.05) is 27.7 Å². The molecule has 0 heterocycles.